The van der Waals surface area contributed by atoms with Crippen molar-refractivity contribution in [2.45, 2.75) is 25.4 Å². The molecule has 2 heterocycles. The van der Waals surface area contributed by atoms with E-state index in [-0.39, 0.29) is 47.5 Å². The highest BCUT2D eigenvalue weighted by atomic mass is 16.5. The molecule has 3 fully saturated rings. The lowest BCUT2D eigenvalue weighted by molar-refractivity contribution is -0.123. The standard InChI is InChI=1S/C21H22N2O4/c24-19(22-11-16-5-2-8-27-16)14-3-1-4-15(10-14)23-20(25)17-12-6-7-13(9-12)18(17)21(23)26/h1,3-4,6-7,10,12-13,16-18H,2,5,8-9,11H2,(H,22,24)/t12-,13-,16-,17-,18-/m0/s1. The van der Waals surface area contributed by atoms with E-state index in [9.17, 15) is 14.4 Å². The van der Waals surface area contributed by atoms with Crippen LogP contribution in [0.15, 0.2) is 36.4 Å². The molecule has 1 aromatic rings. The number of nitrogens with zero attached hydrogens (tertiary/aromatic N) is 1. The molecule has 27 heavy (non-hydrogen) atoms. The Morgan fingerprint density at radius 2 is 1.89 bits per heavy atom. The van der Waals surface area contributed by atoms with Crippen molar-refractivity contribution in [3.8, 4) is 0 Å². The summed E-state index contributed by atoms with van der Waals surface area (Å²) in [4.78, 5) is 39.6. The number of imide groups is 1. The first-order valence-corrected chi connectivity index (χ1v) is 9.69. The molecule has 1 aromatic carbocycles. The zero-order chi connectivity index (χ0) is 18.5. The SMILES string of the molecule is O=C(NC[C@@H]1CCCO1)c1cccc(N2C(=O)[C@@H]3[C@@H](C2=O)[C@H]2C=C[C@H]3C2)c1. The van der Waals surface area contributed by atoms with E-state index >= 15 is 0 Å². The highest BCUT2D eigenvalue weighted by Crippen LogP contribution is 2.53. The maximum Gasteiger partial charge on any atom is 0.251 e. The van der Waals surface area contributed by atoms with Crippen LogP contribution in [0.2, 0.25) is 0 Å². The van der Waals surface area contributed by atoms with Gasteiger partial charge in [-0.3, -0.25) is 14.4 Å². The molecule has 2 saturated heterocycles. The van der Waals surface area contributed by atoms with E-state index in [0.29, 0.717) is 17.8 Å². The summed E-state index contributed by atoms with van der Waals surface area (Å²) in [6, 6.07) is 6.78. The molecule has 2 aliphatic carbocycles. The predicted molar refractivity (Wildman–Crippen MR) is 98.0 cm³/mol. The molecular weight excluding hydrogens is 344 g/mol. The number of hydrogen-bond acceptors (Lipinski definition) is 4. The molecule has 0 aromatic heterocycles. The van der Waals surface area contributed by atoms with Crippen molar-refractivity contribution >= 4 is 23.4 Å². The van der Waals surface area contributed by atoms with Gasteiger partial charge in [0, 0.05) is 18.7 Å². The first-order chi connectivity index (χ1) is 13.1. The number of carbonyl (C=O) groups excluding carboxylic acids is 3. The average Bonchev–Trinajstić information content (AvgIpc) is 3.45. The van der Waals surface area contributed by atoms with Gasteiger partial charge in [-0.25, -0.2) is 4.90 Å². The normalized spacial score (nSPS) is 33.8. The van der Waals surface area contributed by atoms with Gasteiger partial charge in [-0.2, -0.15) is 0 Å². The Balaban J connectivity index is 1.34. The molecule has 3 amide bonds. The van der Waals surface area contributed by atoms with Crippen molar-refractivity contribution in [3.63, 3.8) is 0 Å². The number of carbonyl (C=O) groups is 3. The number of rotatable bonds is 4. The number of anilines is 1. The van der Waals surface area contributed by atoms with Gasteiger partial charge in [-0.05, 0) is 49.3 Å². The van der Waals surface area contributed by atoms with Gasteiger partial charge in [0.05, 0.1) is 23.6 Å². The smallest absolute Gasteiger partial charge is 0.251 e. The molecule has 0 spiro atoms. The average molecular weight is 366 g/mol. The van der Waals surface area contributed by atoms with Crippen molar-refractivity contribution < 1.29 is 19.1 Å². The van der Waals surface area contributed by atoms with Crippen molar-refractivity contribution in [2.75, 3.05) is 18.1 Å². The third kappa shape index (κ3) is 2.62. The summed E-state index contributed by atoms with van der Waals surface area (Å²) in [6.45, 7) is 1.22. The van der Waals surface area contributed by atoms with E-state index < -0.39 is 0 Å². The Labute approximate surface area is 157 Å². The molecule has 5 atom stereocenters. The van der Waals surface area contributed by atoms with E-state index in [4.69, 9.17) is 4.74 Å². The van der Waals surface area contributed by atoms with E-state index in [2.05, 4.69) is 17.5 Å². The third-order valence-corrected chi connectivity index (χ3v) is 6.35. The number of benzene rings is 1. The number of fused-ring (bicyclic) bond motifs is 5. The lowest BCUT2D eigenvalue weighted by Crippen LogP contribution is -2.34. The molecule has 6 nitrogen and oxygen atoms in total. The Morgan fingerprint density at radius 1 is 1.15 bits per heavy atom. The van der Waals surface area contributed by atoms with Crippen molar-refractivity contribution in [2.24, 2.45) is 23.7 Å². The maximum atomic E-state index is 12.9. The number of amides is 3. The molecule has 4 aliphatic rings. The number of allylic oxidation sites excluding steroid dienone is 2. The Kier molecular flexibility index (Phi) is 3.90. The second kappa shape index (κ2) is 6.30. The molecule has 140 valence electrons. The summed E-state index contributed by atoms with van der Waals surface area (Å²) in [5.74, 6) is -0.571. The van der Waals surface area contributed by atoms with Gasteiger partial charge in [0.15, 0.2) is 0 Å². The van der Waals surface area contributed by atoms with Crippen molar-refractivity contribution in [3.05, 3.63) is 42.0 Å². The molecule has 5 rings (SSSR count). The van der Waals surface area contributed by atoms with Crippen molar-refractivity contribution in [1.29, 1.82) is 0 Å². The van der Waals surface area contributed by atoms with Gasteiger partial charge in [-0.15, -0.1) is 0 Å². The topological polar surface area (TPSA) is 75.7 Å². The molecule has 1 N–H and O–H groups in total. The lowest BCUT2D eigenvalue weighted by Gasteiger charge is -2.18. The van der Waals surface area contributed by atoms with Crippen LogP contribution in [0, 0.1) is 23.7 Å². The predicted octanol–water partition coefficient (Wildman–Crippen LogP) is 1.91. The second-order valence-corrected chi connectivity index (χ2v) is 7.91. The van der Waals surface area contributed by atoms with Crippen LogP contribution in [0.1, 0.15) is 29.6 Å². The van der Waals surface area contributed by atoms with Crippen LogP contribution in [-0.2, 0) is 14.3 Å². The maximum absolute atomic E-state index is 12.9. The van der Waals surface area contributed by atoms with Crippen molar-refractivity contribution in [1.82, 2.24) is 5.32 Å². The first kappa shape index (κ1) is 16.7. The van der Waals surface area contributed by atoms with Crippen LogP contribution >= 0.6 is 0 Å². The first-order valence-electron chi connectivity index (χ1n) is 9.69. The molecule has 2 aliphatic heterocycles. The molecule has 2 bridgehead atoms. The highest BCUT2D eigenvalue weighted by molar-refractivity contribution is 6.23. The third-order valence-electron chi connectivity index (χ3n) is 6.35. The van der Waals surface area contributed by atoms with Gasteiger partial charge in [0.2, 0.25) is 11.8 Å². The number of nitrogens with one attached hydrogen (secondary N) is 1. The minimum absolute atomic E-state index is 0.0706. The second-order valence-electron chi connectivity index (χ2n) is 7.91. The van der Waals surface area contributed by atoms with Crippen LogP contribution in [0.25, 0.3) is 0 Å². The highest BCUT2D eigenvalue weighted by Gasteiger charge is 2.59. The molecule has 1 saturated carbocycles. The summed E-state index contributed by atoms with van der Waals surface area (Å²) in [6.07, 6.45) is 7.11. The monoisotopic (exact) mass is 366 g/mol. The molecule has 0 radical (unpaired) electrons. The van der Waals surface area contributed by atoms with Crippen LogP contribution in [0.3, 0.4) is 0 Å². The number of ether oxygens (including phenoxy) is 1. The Morgan fingerprint density at radius 3 is 2.56 bits per heavy atom. The molecular formula is C21H22N2O4. The lowest BCUT2D eigenvalue weighted by atomic mass is 9.85. The van der Waals surface area contributed by atoms with Crippen LogP contribution in [0.5, 0.6) is 0 Å². The van der Waals surface area contributed by atoms with Crippen LogP contribution in [-0.4, -0.2) is 37.0 Å². The quantitative estimate of drug-likeness (QED) is 0.652. The van der Waals surface area contributed by atoms with E-state index in [0.717, 1.165) is 25.9 Å². The molecule has 6 heteroatoms. The van der Waals surface area contributed by atoms with Gasteiger partial charge in [-0.1, -0.05) is 18.2 Å². The fourth-order valence-corrected chi connectivity index (χ4v) is 5.06. The van der Waals surface area contributed by atoms with E-state index in [1.165, 1.54) is 4.90 Å². The summed E-state index contributed by atoms with van der Waals surface area (Å²) in [5, 5.41) is 2.88. The zero-order valence-corrected chi connectivity index (χ0v) is 15.0. The van der Waals surface area contributed by atoms with Gasteiger partial charge in [0.25, 0.3) is 5.91 Å². The summed E-state index contributed by atoms with van der Waals surface area (Å²) < 4.78 is 5.52. The molecule has 0 unspecified atom stereocenters. The fourth-order valence-electron chi connectivity index (χ4n) is 5.06. The van der Waals surface area contributed by atoms with Gasteiger partial charge in [0.1, 0.15) is 0 Å². The van der Waals surface area contributed by atoms with E-state index in [1.54, 1.807) is 24.3 Å². The zero-order valence-electron chi connectivity index (χ0n) is 15.0. The summed E-state index contributed by atoms with van der Waals surface area (Å²) in [5.41, 5.74) is 0.938. The Hall–Kier alpha value is -2.47. The van der Waals surface area contributed by atoms with E-state index in [1.807, 2.05) is 0 Å². The minimum Gasteiger partial charge on any atom is -0.376 e. The van der Waals surface area contributed by atoms with Gasteiger partial charge >= 0.3 is 0 Å². The van der Waals surface area contributed by atoms with Crippen LogP contribution in [0.4, 0.5) is 5.69 Å². The Bertz CT molecular complexity index is 812. The van der Waals surface area contributed by atoms with Gasteiger partial charge < -0.3 is 10.1 Å². The minimum atomic E-state index is -0.232. The number of hydrogen-bond donors (Lipinski definition) is 1. The fraction of sp³-hybridized carbons (Fsp3) is 0.476. The largest absolute Gasteiger partial charge is 0.376 e. The summed E-state index contributed by atoms with van der Waals surface area (Å²) >= 11 is 0. The van der Waals surface area contributed by atoms with Crippen LogP contribution < -0.4 is 10.2 Å². The summed E-state index contributed by atoms with van der Waals surface area (Å²) in [7, 11) is 0.